The van der Waals surface area contributed by atoms with Crippen LogP contribution in [-0.4, -0.2) is 12.2 Å². The van der Waals surface area contributed by atoms with Crippen LogP contribution < -0.4 is 21.7 Å². The number of hydrogen-bond acceptors (Lipinski definition) is 5. The van der Waals surface area contributed by atoms with Gasteiger partial charge in [-0.2, -0.15) is 0 Å². The molecular formula is C19H19F2N3O2. The molecule has 0 saturated heterocycles. The number of aldehydes is 1. The topological polar surface area (TPSA) is 90.4 Å². The predicted octanol–water partition coefficient (Wildman–Crippen LogP) is 3.04. The lowest BCUT2D eigenvalue weighted by Crippen LogP contribution is -2.33. The molecule has 5 nitrogen and oxygen atoms in total. The van der Waals surface area contributed by atoms with Gasteiger partial charge in [0, 0.05) is 12.8 Å². The Balaban J connectivity index is 1.70. The summed E-state index contributed by atoms with van der Waals surface area (Å²) in [4.78, 5) is 10.7. The molecule has 2 aromatic carbocycles. The van der Waals surface area contributed by atoms with E-state index in [4.69, 9.17) is 16.3 Å². The summed E-state index contributed by atoms with van der Waals surface area (Å²) in [5.74, 6) is 3.12. The average Bonchev–Trinajstić information content (AvgIpc) is 2.64. The van der Waals surface area contributed by atoms with Gasteiger partial charge in [0.25, 0.3) is 0 Å². The minimum atomic E-state index is -2.52. The first kappa shape index (κ1) is 17.9. The molecule has 0 amide bonds. The summed E-state index contributed by atoms with van der Waals surface area (Å²) < 4.78 is 31.4. The van der Waals surface area contributed by atoms with Crippen molar-refractivity contribution in [1.29, 1.82) is 0 Å². The van der Waals surface area contributed by atoms with Crippen LogP contribution in [0.1, 0.15) is 24.3 Å². The fourth-order valence-electron chi connectivity index (χ4n) is 2.90. The van der Waals surface area contributed by atoms with Gasteiger partial charge in [0.05, 0.1) is 0 Å². The van der Waals surface area contributed by atoms with E-state index in [1.54, 1.807) is 12.1 Å². The second-order valence-corrected chi connectivity index (χ2v) is 6.26. The summed E-state index contributed by atoms with van der Waals surface area (Å²) in [6.07, 6.45) is 0.282. The maximum absolute atomic E-state index is 13.0. The predicted molar refractivity (Wildman–Crippen MR) is 94.0 cm³/mol. The van der Waals surface area contributed by atoms with Gasteiger partial charge in [-0.1, -0.05) is 36.4 Å². The first-order valence-electron chi connectivity index (χ1n) is 8.09. The molecule has 2 aromatic rings. The molecule has 0 unspecified atom stereocenters. The van der Waals surface area contributed by atoms with Crippen LogP contribution in [0.25, 0.3) is 11.1 Å². The minimum Gasteiger partial charge on any atom is -0.438 e. The number of ether oxygens (including phenoxy) is 1. The minimum absolute atomic E-state index is 0.0330. The Morgan fingerprint density at radius 2 is 1.62 bits per heavy atom. The van der Waals surface area contributed by atoms with Crippen molar-refractivity contribution in [3.05, 3.63) is 65.7 Å². The highest BCUT2D eigenvalue weighted by molar-refractivity contribution is 5.72. The number of rotatable bonds is 6. The van der Waals surface area contributed by atoms with Crippen molar-refractivity contribution in [3.8, 4) is 16.9 Å². The summed E-state index contributed by atoms with van der Waals surface area (Å²) in [6, 6.07) is 14.7. The Morgan fingerprint density at radius 3 is 2.08 bits per heavy atom. The fourth-order valence-corrected chi connectivity index (χ4v) is 2.90. The van der Waals surface area contributed by atoms with Crippen LogP contribution in [0.3, 0.4) is 0 Å². The number of halogens is 2. The number of carbonyl (C=O) groups is 1. The van der Waals surface area contributed by atoms with Crippen LogP contribution in [0, 0.1) is 0 Å². The summed E-state index contributed by atoms with van der Waals surface area (Å²) in [5, 5.41) is 0. The molecule has 7 heteroatoms. The lowest BCUT2D eigenvalue weighted by Gasteiger charge is -2.35. The average molecular weight is 359 g/mol. The fraction of sp³-hybridized carbons (Fsp3) is 0.211. The zero-order valence-electron chi connectivity index (χ0n) is 13.9. The van der Waals surface area contributed by atoms with E-state index in [2.05, 4.69) is 5.43 Å². The van der Waals surface area contributed by atoms with Gasteiger partial charge in [-0.05, 0) is 34.7 Å². The van der Waals surface area contributed by atoms with Gasteiger partial charge in [0.15, 0.2) is 6.29 Å². The Bertz CT molecular complexity index is 810. The van der Waals surface area contributed by atoms with Crippen molar-refractivity contribution in [3.63, 3.8) is 0 Å². The molecule has 0 aliphatic heterocycles. The number of hydrogen-bond donors (Lipinski definition) is 3. The van der Waals surface area contributed by atoms with Crippen molar-refractivity contribution in [2.75, 3.05) is 0 Å². The van der Waals surface area contributed by atoms with Crippen LogP contribution in [0.15, 0.2) is 60.1 Å². The molecule has 1 saturated carbocycles. The molecule has 1 aliphatic rings. The van der Waals surface area contributed by atoms with Gasteiger partial charge in [0.2, 0.25) is 11.8 Å². The normalized spacial score (nSPS) is 17.0. The van der Waals surface area contributed by atoms with Gasteiger partial charge in [-0.3, -0.25) is 10.2 Å². The second-order valence-electron chi connectivity index (χ2n) is 6.26. The Labute approximate surface area is 149 Å². The largest absolute Gasteiger partial charge is 0.438 e. The van der Waals surface area contributed by atoms with Crippen molar-refractivity contribution >= 4 is 6.29 Å². The third-order valence-electron chi connectivity index (χ3n) is 4.40. The molecule has 26 heavy (non-hydrogen) atoms. The maximum Gasteiger partial charge on any atom is 0.249 e. The Hall–Kier alpha value is -2.93. The summed E-state index contributed by atoms with van der Waals surface area (Å²) in [6.45, 7) is 0. The smallest absolute Gasteiger partial charge is 0.249 e. The third-order valence-corrected chi connectivity index (χ3v) is 4.40. The van der Waals surface area contributed by atoms with Gasteiger partial charge >= 0.3 is 0 Å². The highest BCUT2D eigenvalue weighted by Crippen LogP contribution is 2.48. The molecular weight excluding hydrogens is 340 g/mol. The van der Waals surface area contributed by atoms with Crippen molar-refractivity contribution in [1.82, 2.24) is 5.43 Å². The molecule has 3 rings (SSSR count). The van der Waals surface area contributed by atoms with Crippen LogP contribution in [0.4, 0.5) is 8.78 Å². The highest BCUT2D eigenvalue weighted by atomic mass is 19.3. The first-order chi connectivity index (χ1) is 12.4. The number of alkyl halides is 2. The summed E-state index contributed by atoms with van der Waals surface area (Å²) in [5.41, 5.74) is 10.4. The lowest BCUT2D eigenvalue weighted by molar-refractivity contribution is -0.105. The summed E-state index contributed by atoms with van der Waals surface area (Å²) >= 11 is 0. The monoisotopic (exact) mass is 359 g/mol. The Morgan fingerprint density at radius 1 is 1.08 bits per heavy atom. The van der Waals surface area contributed by atoms with Gasteiger partial charge in [0.1, 0.15) is 11.4 Å². The number of benzene rings is 2. The third kappa shape index (κ3) is 3.83. The van der Waals surface area contributed by atoms with Crippen molar-refractivity contribution < 1.29 is 18.3 Å². The van der Waals surface area contributed by atoms with Crippen LogP contribution in [0.2, 0.25) is 0 Å². The standard InChI is InChI=1S/C19H19F2N3O2/c20-19(21)9-15(10-19)14-3-1-12(2-4-14)13-5-7-16(8-6-13)26-18(24-23)17(22)11-25/h1-8,11,15,24H,9-10,22-23H2/b18-17+. The SMILES string of the molecule is NN/C(Oc1ccc(-c2ccc(C3CC(F)(F)C3)cc2)cc1)=C(\N)C=O. The van der Waals surface area contributed by atoms with E-state index in [0.29, 0.717) is 12.0 Å². The number of hydrazine groups is 1. The van der Waals surface area contributed by atoms with Crippen molar-refractivity contribution in [2.45, 2.75) is 24.7 Å². The second kappa shape index (κ2) is 7.13. The molecule has 0 aromatic heterocycles. The maximum atomic E-state index is 13.0. The molecule has 0 spiro atoms. The first-order valence-corrected chi connectivity index (χ1v) is 8.09. The molecule has 0 atom stereocenters. The van der Waals surface area contributed by atoms with Crippen LogP contribution in [0.5, 0.6) is 5.75 Å². The van der Waals surface area contributed by atoms with Crippen LogP contribution in [-0.2, 0) is 4.79 Å². The van der Waals surface area contributed by atoms with E-state index in [1.165, 1.54) is 0 Å². The quantitative estimate of drug-likeness (QED) is 0.242. The van der Waals surface area contributed by atoms with Gasteiger partial charge in [-0.15, -0.1) is 0 Å². The van der Waals surface area contributed by atoms with E-state index >= 15 is 0 Å². The molecule has 1 fully saturated rings. The van der Waals surface area contributed by atoms with Gasteiger partial charge in [-0.25, -0.2) is 14.6 Å². The van der Waals surface area contributed by atoms with E-state index in [-0.39, 0.29) is 30.3 Å². The van der Waals surface area contributed by atoms with Gasteiger partial charge < -0.3 is 10.5 Å². The molecule has 0 radical (unpaired) electrons. The molecule has 5 N–H and O–H groups in total. The number of allylic oxidation sites excluding steroid dienone is 1. The molecule has 0 bridgehead atoms. The van der Waals surface area contributed by atoms with Crippen molar-refractivity contribution in [2.24, 2.45) is 11.6 Å². The van der Waals surface area contributed by atoms with E-state index in [1.807, 2.05) is 36.4 Å². The Kier molecular flexibility index (Phi) is 4.90. The number of carbonyl (C=O) groups excluding carboxylic acids is 1. The van der Waals surface area contributed by atoms with E-state index in [0.717, 1.165) is 16.7 Å². The molecule has 1 aliphatic carbocycles. The lowest BCUT2D eigenvalue weighted by atomic mass is 9.76. The highest BCUT2D eigenvalue weighted by Gasteiger charge is 2.45. The zero-order chi connectivity index (χ0) is 18.7. The molecule has 136 valence electrons. The number of nitrogens with one attached hydrogen (secondary N) is 1. The zero-order valence-corrected chi connectivity index (χ0v) is 13.9. The van der Waals surface area contributed by atoms with Crippen LogP contribution >= 0.6 is 0 Å². The number of nitrogens with two attached hydrogens (primary N) is 2. The summed E-state index contributed by atoms with van der Waals surface area (Å²) in [7, 11) is 0. The van der Waals surface area contributed by atoms with E-state index < -0.39 is 5.92 Å². The van der Waals surface area contributed by atoms with E-state index in [9.17, 15) is 13.6 Å². The molecule has 0 heterocycles.